The summed E-state index contributed by atoms with van der Waals surface area (Å²) in [5.41, 5.74) is -0.693. The van der Waals surface area contributed by atoms with Crippen LogP contribution in [-0.2, 0) is 9.84 Å². The maximum atomic E-state index is 11.4. The highest BCUT2D eigenvalue weighted by molar-refractivity contribution is 7.91. The maximum absolute atomic E-state index is 11.4. The van der Waals surface area contributed by atoms with Crippen LogP contribution < -0.4 is 5.32 Å². The number of sulfone groups is 1. The highest BCUT2D eigenvalue weighted by atomic mass is 32.2. The van der Waals surface area contributed by atoms with E-state index in [1.165, 1.54) is 0 Å². The summed E-state index contributed by atoms with van der Waals surface area (Å²) in [5.74, 6) is 0.535. The molecule has 0 aliphatic carbocycles. The Kier molecular flexibility index (Phi) is 4.76. The van der Waals surface area contributed by atoms with Crippen LogP contribution in [0.3, 0.4) is 0 Å². The largest absolute Gasteiger partial charge is 0.389 e. The van der Waals surface area contributed by atoms with Crippen molar-refractivity contribution in [1.82, 2.24) is 5.32 Å². The van der Waals surface area contributed by atoms with Gasteiger partial charge in [0.15, 0.2) is 9.84 Å². The number of hydrogen-bond acceptors (Lipinski definition) is 4. The lowest BCUT2D eigenvalue weighted by molar-refractivity contribution is 0.0301. The van der Waals surface area contributed by atoms with E-state index in [4.69, 9.17) is 0 Å². The maximum Gasteiger partial charge on any atom is 0.151 e. The monoisotopic (exact) mass is 249 g/mol. The second-order valence-corrected chi connectivity index (χ2v) is 6.99. The van der Waals surface area contributed by atoms with E-state index < -0.39 is 15.4 Å². The fourth-order valence-corrected chi connectivity index (χ4v) is 3.69. The summed E-state index contributed by atoms with van der Waals surface area (Å²) in [6.07, 6.45) is 3.01. The second-order valence-electron chi connectivity index (χ2n) is 4.77. The molecule has 5 heteroatoms. The number of nitrogens with one attached hydrogen (secondary N) is 1. The molecule has 1 fully saturated rings. The van der Waals surface area contributed by atoms with E-state index in [0.717, 1.165) is 12.8 Å². The van der Waals surface area contributed by atoms with E-state index in [2.05, 4.69) is 5.32 Å². The second kappa shape index (κ2) is 5.47. The molecule has 1 saturated heterocycles. The van der Waals surface area contributed by atoms with Gasteiger partial charge in [-0.2, -0.15) is 0 Å². The van der Waals surface area contributed by atoms with Crippen molar-refractivity contribution in [3.63, 3.8) is 0 Å². The first-order valence-electron chi connectivity index (χ1n) is 6.07. The molecular formula is C11H23NO3S. The standard InChI is InChI=1S/C11H23NO3S/c1-3-11(13,4-2)9-12-10-6-5-7-16(14,15)8-10/h10,12-13H,3-9H2,1-2H3. The number of rotatable bonds is 5. The number of aliphatic hydroxyl groups is 1. The van der Waals surface area contributed by atoms with Gasteiger partial charge in [-0.15, -0.1) is 0 Å². The van der Waals surface area contributed by atoms with Crippen LogP contribution in [-0.4, -0.2) is 43.2 Å². The highest BCUT2D eigenvalue weighted by Crippen LogP contribution is 2.16. The summed E-state index contributed by atoms with van der Waals surface area (Å²) in [7, 11) is -2.86. The van der Waals surface area contributed by atoms with Crippen molar-refractivity contribution in [3.8, 4) is 0 Å². The first-order chi connectivity index (χ1) is 7.41. The molecular weight excluding hydrogens is 226 g/mol. The quantitative estimate of drug-likeness (QED) is 0.753. The third kappa shape index (κ3) is 4.03. The minimum Gasteiger partial charge on any atom is -0.389 e. The van der Waals surface area contributed by atoms with Crippen LogP contribution in [0.2, 0.25) is 0 Å². The first-order valence-corrected chi connectivity index (χ1v) is 7.89. The van der Waals surface area contributed by atoms with E-state index >= 15 is 0 Å². The minimum atomic E-state index is -2.86. The molecule has 0 amide bonds. The smallest absolute Gasteiger partial charge is 0.151 e. The summed E-state index contributed by atoms with van der Waals surface area (Å²) < 4.78 is 22.8. The summed E-state index contributed by atoms with van der Waals surface area (Å²) in [6.45, 7) is 4.38. The lowest BCUT2D eigenvalue weighted by atomic mass is 9.97. The Morgan fingerprint density at radius 2 is 2.00 bits per heavy atom. The lowest BCUT2D eigenvalue weighted by Crippen LogP contribution is -2.47. The van der Waals surface area contributed by atoms with Crippen LogP contribution in [0.1, 0.15) is 39.5 Å². The Bertz CT molecular complexity index is 309. The predicted octanol–water partition coefficient (Wildman–Crippen LogP) is 0.704. The van der Waals surface area contributed by atoms with Gasteiger partial charge in [-0.05, 0) is 25.7 Å². The Labute approximate surface area is 98.4 Å². The highest BCUT2D eigenvalue weighted by Gasteiger charge is 2.28. The summed E-state index contributed by atoms with van der Waals surface area (Å²) >= 11 is 0. The minimum absolute atomic E-state index is 0.0170. The molecule has 1 unspecified atom stereocenters. The Morgan fingerprint density at radius 1 is 1.38 bits per heavy atom. The zero-order valence-electron chi connectivity index (χ0n) is 10.2. The van der Waals surface area contributed by atoms with Gasteiger partial charge in [0.05, 0.1) is 17.1 Å². The van der Waals surface area contributed by atoms with Gasteiger partial charge in [0.25, 0.3) is 0 Å². The van der Waals surface area contributed by atoms with Crippen molar-refractivity contribution >= 4 is 9.84 Å². The third-order valence-corrected chi connectivity index (χ3v) is 5.32. The molecule has 1 heterocycles. The summed E-state index contributed by atoms with van der Waals surface area (Å²) in [6, 6.07) is 0.0170. The fourth-order valence-electron chi connectivity index (χ4n) is 2.02. The normalized spacial score (nSPS) is 25.6. The SMILES string of the molecule is CCC(O)(CC)CNC1CCCS(=O)(=O)C1. The number of hydrogen-bond donors (Lipinski definition) is 2. The third-order valence-electron chi connectivity index (χ3n) is 3.50. The van der Waals surface area contributed by atoms with Gasteiger partial charge in [-0.3, -0.25) is 0 Å². The predicted molar refractivity (Wildman–Crippen MR) is 65.2 cm³/mol. The van der Waals surface area contributed by atoms with Crippen LogP contribution in [0.25, 0.3) is 0 Å². The van der Waals surface area contributed by atoms with Crippen molar-refractivity contribution < 1.29 is 13.5 Å². The molecule has 1 aliphatic rings. The molecule has 4 nitrogen and oxygen atoms in total. The lowest BCUT2D eigenvalue weighted by Gasteiger charge is -2.30. The molecule has 1 rings (SSSR count). The van der Waals surface area contributed by atoms with Gasteiger partial charge in [0, 0.05) is 12.6 Å². The van der Waals surface area contributed by atoms with Crippen molar-refractivity contribution in [2.75, 3.05) is 18.1 Å². The van der Waals surface area contributed by atoms with Gasteiger partial charge < -0.3 is 10.4 Å². The Balaban J connectivity index is 2.43. The van der Waals surface area contributed by atoms with Crippen LogP contribution >= 0.6 is 0 Å². The van der Waals surface area contributed by atoms with Gasteiger partial charge in [-0.1, -0.05) is 13.8 Å². The Hall–Kier alpha value is -0.130. The van der Waals surface area contributed by atoms with Crippen LogP contribution in [0, 0.1) is 0 Å². The molecule has 16 heavy (non-hydrogen) atoms. The van der Waals surface area contributed by atoms with E-state index in [1.807, 2.05) is 13.8 Å². The van der Waals surface area contributed by atoms with E-state index in [-0.39, 0.29) is 11.8 Å². The summed E-state index contributed by atoms with van der Waals surface area (Å²) in [4.78, 5) is 0. The molecule has 1 atom stereocenters. The molecule has 1 aliphatic heterocycles. The molecule has 0 aromatic heterocycles. The van der Waals surface area contributed by atoms with Crippen molar-refractivity contribution in [2.24, 2.45) is 0 Å². The van der Waals surface area contributed by atoms with Gasteiger partial charge in [-0.25, -0.2) is 8.42 Å². The van der Waals surface area contributed by atoms with E-state index in [9.17, 15) is 13.5 Å². The molecule has 96 valence electrons. The van der Waals surface area contributed by atoms with Crippen LogP contribution in [0.15, 0.2) is 0 Å². The fraction of sp³-hybridized carbons (Fsp3) is 1.00. The van der Waals surface area contributed by atoms with Gasteiger partial charge >= 0.3 is 0 Å². The van der Waals surface area contributed by atoms with E-state index in [0.29, 0.717) is 25.1 Å². The molecule has 0 saturated carbocycles. The van der Waals surface area contributed by atoms with E-state index in [1.54, 1.807) is 0 Å². The first kappa shape index (κ1) is 13.9. The van der Waals surface area contributed by atoms with Gasteiger partial charge in [0.1, 0.15) is 0 Å². The topological polar surface area (TPSA) is 66.4 Å². The zero-order chi connectivity index (χ0) is 12.2. The molecule has 0 spiro atoms. The zero-order valence-corrected chi connectivity index (χ0v) is 11.0. The van der Waals surface area contributed by atoms with Gasteiger partial charge in [0.2, 0.25) is 0 Å². The van der Waals surface area contributed by atoms with Crippen LogP contribution in [0.5, 0.6) is 0 Å². The van der Waals surface area contributed by atoms with Crippen molar-refractivity contribution in [3.05, 3.63) is 0 Å². The molecule has 0 radical (unpaired) electrons. The summed E-state index contributed by atoms with van der Waals surface area (Å²) in [5, 5.41) is 13.3. The average Bonchev–Trinajstić information content (AvgIpc) is 2.25. The molecule has 0 bridgehead atoms. The van der Waals surface area contributed by atoms with Crippen molar-refractivity contribution in [1.29, 1.82) is 0 Å². The molecule has 0 aromatic carbocycles. The van der Waals surface area contributed by atoms with Crippen LogP contribution in [0.4, 0.5) is 0 Å². The molecule has 2 N–H and O–H groups in total. The average molecular weight is 249 g/mol. The molecule has 0 aromatic rings. The Morgan fingerprint density at radius 3 is 2.50 bits per heavy atom. The van der Waals surface area contributed by atoms with Crippen molar-refractivity contribution in [2.45, 2.75) is 51.2 Å².